The van der Waals surface area contributed by atoms with E-state index < -0.39 is 22.1 Å². The van der Waals surface area contributed by atoms with Gasteiger partial charge in [0, 0.05) is 13.1 Å². The van der Waals surface area contributed by atoms with Crippen molar-refractivity contribution in [3.63, 3.8) is 0 Å². The standard InChI is InChI=1S/C6H12N2O4S/c1-4-2-8(13(7,11)12)3-5(4)6(9)10/h4-5H,2-3H2,1H3,(H,9,10)(H2,7,11,12)/t4-,5-/m1/s1. The molecule has 0 spiro atoms. The smallest absolute Gasteiger partial charge is 0.308 e. The molecule has 0 radical (unpaired) electrons. The van der Waals surface area contributed by atoms with E-state index in [0.29, 0.717) is 0 Å². The van der Waals surface area contributed by atoms with E-state index in [0.717, 1.165) is 4.31 Å². The SMILES string of the molecule is C[C@@H]1CN(S(N)(=O)=O)C[C@H]1C(=O)O. The molecule has 6 nitrogen and oxygen atoms in total. The topological polar surface area (TPSA) is 101 Å². The third-order valence-corrected chi connectivity index (χ3v) is 3.27. The number of carboxylic acids is 1. The highest BCUT2D eigenvalue weighted by atomic mass is 32.2. The predicted octanol–water partition coefficient (Wildman–Crippen LogP) is -1.16. The van der Waals surface area contributed by atoms with Gasteiger partial charge in [0.25, 0.3) is 10.2 Å². The van der Waals surface area contributed by atoms with Gasteiger partial charge in [-0.3, -0.25) is 4.79 Å². The summed E-state index contributed by atoms with van der Waals surface area (Å²) in [7, 11) is -3.73. The van der Waals surface area contributed by atoms with Crippen LogP contribution >= 0.6 is 0 Å². The normalized spacial score (nSPS) is 30.6. The predicted molar refractivity (Wildman–Crippen MR) is 45.0 cm³/mol. The van der Waals surface area contributed by atoms with Crippen LogP contribution in [-0.4, -0.2) is 36.9 Å². The lowest BCUT2D eigenvalue weighted by Gasteiger charge is -2.10. The van der Waals surface area contributed by atoms with Crippen molar-refractivity contribution < 1.29 is 18.3 Å². The highest BCUT2D eigenvalue weighted by Crippen LogP contribution is 2.24. The number of carbonyl (C=O) groups is 1. The Morgan fingerprint density at radius 3 is 2.31 bits per heavy atom. The fourth-order valence-electron chi connectivity index (χ4n) is 1.45. The molecule has 7 heteroatoms. The quantitative estimate of drug-likeness (QED) is 0.597. The molecule has 0 aliphatic carbocycles. The van der Waals surface area contributed by atoms with Gasteiger partial charge in [-0.2, -0.15) is 12.7 Å². The number of rotatable bonds is 2. The first-order chi connectivity index (χ1) is 5.82. The van der Waals surface area contributed by atoms with Gasteiger partial charge in [0.15, 0.2) is 0 Å². The molecular formula is C6H12N2O4S. The minimum absolute atomic E-state index is 0.0185. The Kier molecular flexibility index (Phi) is 2.60. The molecule has 0 aromatic heterocycles. The van der Waals surface area contributed by atoms with E-state index in [-0.39, 0.29) is 19.0 Å². The van der Waals surface area contributed by atoms with Crippen LogP contribution in [0, 0.1) is 11.8 Å². The molecule has 1 rings (SSSR count). The van der Waals surface area contributed by atoms with Gasteiger partial charge in [-0.25, -0.2) is 5.14 Å². The molecule has 1 aliphatic rings. The van der Waals surface area contributed by atoms with Gasteiger partial charge >= 0.3 is 5.97 Å². The fraction of sp³-hybridized carbons (Fsp3) is 0.833. The van der Waals surface area contributed by atoms with Crippen LogP contribution in [0.4, 0.5) is 0 Å². The summed E-state index contributed by atoms with van der Waals surface area (Å²) in [5.41, 5.74) is 0. The third-order valence-electron chi connectivity index (χ3n) is 2.26. The average molecular weight is 208 g/mol. The molecule has 76 valence electrons. The van der Waals surface area contributed by atoms with Crippen LogP contribution in [0.15, 0.2) is 0 Å². The first-order valence-corrected chi connectivity index (χ1v) is 5.33. The lowest BCUT2D eigenvalue weighted by atomic mass is 9.99. The van der Waals surface area contributed by atoms with Crippen LogP contribution in [-0.2, 0) is 15.0 Å². The second-order valence-electron chi connectivity index (χ2n) is 3.28. The molecule has 1 saturated heterocycles. The van der Waals surface area contributed by atoms with E-state index in [1.165, 1.54) is 0 Å². The number of hydrogen-bond donors (Lipinski definition) is 2. The fourth-order valence-corrected chi connectivity index (χ4v) is 2.26. The van der Waals surface area contributed by atoms with Gasteiger partial charge in [-0.1, -0.05) is 6.92 Å². The maximum Gasteiger partial charge on any atom is 0.308 e. The summed E-state index contributed by atoms with van der Waals surface area (Å²) in [4.78, 5) is 10.6. The zero-order valence-corrected chi connectivity index (χ0v) is 7.99. The van der Waals surface area contributed by atoms with Crippen molar-refractivity contribution in [3.8, 4) is 0 Å². The first-order valence-electron chi connectivity index (χ1n) is 3.83. The summed E-state index contributed by atoms with van der Waals surface area (Å²) < 4.78 is 22.7. The summed E-state index contributed by atoms with van der Waals surface area (Å²) in [6, 6.07) is 0. The maximum absolute atomic E-state index is 10.9. The Hall–Kier alpha value is -0.660. The molecule has 0 bridgehead atoms. The second kappa shape index (κ2) is 3.24. The molecule has 2 atom stereocenters. The Morgan fingerprint density at radius 2 is 2.08 bits per heavy atom. The van der Waals surface area contributed by atoms with Crippen molar-refractivity contribution >= 4 is 16.2 Å². The van der Waals surface area contributed by atoms with Crippen LogP contribution in [0.25, 0.3) is 0 Å². The molecule has 0 aromatic carbocycles. The number of carboxylic acid groups (broad SMARTS) is 1. The zero-order valence-electron chi connectivity index (χ0n) is 7.17. The number of nitrogens with two attached hydrogens (primary N) is 1. The molecule has 3 N–H and O–H groups in total. The number of hydrogen-bond acceptors (Lipinski definition) is 3. The van der Waals surface area contributed by atoms with Crippen LogP contribution in [0.5, 0.6) is 0 Å². The van der Waals surface area contributed by atoms with Gasteiger partial charge < -0.3 is 5.11 Å². The third kappa shape index (κ3) is 2.17. The Bertz CT molecular complexity index is 313. The number of aliphatic carboxylic acids is 1. The first kappa shape index (κ1) is 10.4. The zero-order chi connectivity index (χ0) is 10.2. The molecule has 1 aliphatic heterocycles. The minimum atomic E-state index is -3.73. The van der Waals surface area contributed by atoms with Crippen molar-refractivity contribution in [2.24, 2.45) is 17.0 Å². The minimum Gasteiger partial charge on any atom is -0.481 e. The lowest BCUT2D eigenvalue weighted by molar-refractivity contribution is -0.142. The summed E-state index contributed by atoms with van der Waals surface area (Å²) in [5.74, 6) is -1.80. The van der Waals surface area contributed by atoms with Gasteiger partial charge in [-0.05, 0) is 5.92 Å². The molecule has 0 unspecified atom stereocenters. The van der Waals surface area contributed by atoms with Crippen LogP contribution < -0.4 is 5.14 Å². The molecule has 13 heavy (non-hydrogen) atoms. The van der Waals surface area contributed by atoms with E-state index in [1.807, 2.05) is 0 Å². The van der Waals surface area contributed by atoms with Crippen LogP contribution in [0.2, 0.25) is 0 Å². The van der Waals surface area contributed by atoms with E-state index in [2.05, 4.69) is 0 Å². The van der Waals surface area contributed by atoms with Crippen LogP contribution in [0.1, 0.15) is 6.92 Å². The summed E-state index contributed by atoms with van der Waals surface area (Å²) >= 11 is 0. The van der Waals surface area contributed by atoms with Gasteiger partial charge in [0.05, 0.1) is 5.92 Å². The van der Waals surface area contributed by atoms with Crippen molar-refractivity contribution in [2.75, 3.05) is 13.1 Å². The summed E-state index contributed by atoms with van der Waals surface area (Å²) in [6.45, 7) is 1.87. The monoisotopic (exact) mass is 208 g/mol. The second-order valence-corrected chi connectivity index (χ2v) is 4.83. The van der Waals surface area contributed by atoms with Gasteiger partial charge in [0.1, 0.15) is 0 Å². The summed E-state index contributed by atoms with van der Waals surface area (Å²) in [5, 5.41) is 13.6. The lowest BCUT2D eigenvalue weighted by Crippen LogP contribution is -2.35. The molecule has 1 fully saturated rings. The highest BCUT2D eigenvalue weighted by Gasteiger charge is 2.38. The Labute approximate surface area is 76.5 Å². The van der Waals surface area contributed by atoms with Gasteiger partial charge in [-0.15, -0.1) is 0 Å². The molecule has 0 amide bonds. The van der Waals surface area contributed by atoms with E-state index in [4.69, 9.17) is 10.2 Å². The number of nitrogens with zero attached hydrogens (tertiary/aromatic N) is 1. The highest BCUT2D eigenvalue weighted by molar-refractivity contribution is 7.86. The Balaban J connectivity index is 2.77. The maximum atomic E-state index is 10.9. The van der Waals surface area contributed by atoms with E-state index in [1.54, 1.807) is 6.92 Å². The van der Waals surface area contributed by atoms with Gasteiger partial charge in [0.2, 0.25) is 0 Å². The largest absolute Gasteiger partial charge is 0.481 e. The average Bonchev–Trinajstić information content (AvgIpc) is 2.29. The Morgan fingerprint density at radius 1 is 1.54 bits per heavy atom. The van der Waals surface area contributed by atoms with Crippen molar-refractivity contribution in [2.45, 2.75) is 6.92 Å². The molecule has 0 aromatic rings. The molecule has 1 heterocycles. The van der Waals surface area contributed by atoms with Crippen molar-refractivity contribution in [3.05, 3.63) is 0 Å². The van der Waals surface area contributed by atoms with Crippen LogP contribution in [0.3, 0.4) is 0 Å². The van der Waals surface area contributed by atoms with Crippen molar-refractivity contribution in [1.29, 1.82) is 0 Å². The van der Waals surface area contributed by atoms with E-state index in [9.17, 15) is 13.2 Å². The van der Waals surface area contributed by atoms with E-state index >= 15 is 0 Å². The summed E-state index contributed by atoms with van der Waals surface area (Å²) in [6.07, 6.45) is 0. The molecule has 0 saturated carbocycles. The van der Waals surface area contributed by atoms with Crippen molar-refractivity contribution in [1.82, 2.24) is 4.31 Å². The molecular weight excluding hydrogens is 196 g/mol.